The number of halogens is 1. The van der Waals surface area contributed by atoms with E-state index >= 15 is 0 Å². The van der Waals surface area contributed by atoms with E-state index in [0.717, 1.165) is 11.4 Å². The van der Waals surface area contributed by atoms with Crippen LogP contribution in [0.5, 0.6) is 0 Å². The highest BCUT2D eigenvalue weighted by atomic mass is 19.1. The average Bonchev–Trinajstić information content (AvgIpc) is 2.59. The van der Waals surface area contributed by atoms with Crippen molar-refractivity contribution in [3.63, 3.8) is 0 Å². The second kappa shape index (κ2) is 4.67. The van der Waals surface area contributed by atoms with Crippen LogP contribution >= 0.6 is 0 Å². The number of nitrogens with two attached hydrogens (primary N) is 1. The molecule has 17 heavy (non-hydrogen) atoms. The first kappa shape index (κ1) is 11.8. The van der Waals surface area contributed by atoms with Crippen molar-refractivity contribution in [2.45, 2.75) is 13.3 Å². The summed E-state index contributed by atoms with van der Waals surface area (Å²) in [6, 6.07) is 6.67. The van der Waals surface area contributed by atoms with E-state index in [1.165, 1.54) is 6.07 Å². The number of hydrogen-bond donors (Lipinski definition) is 1. The number of benzene rings is 1. The summed E-state index contributed by atoms with van der Waals surface area (Å²) in [4.78, 5) is 4.47. The predicted octanol–water partition coefficient (Wildman–Crippen LogP) is 2.04. The van der Waals surface area contributed by atoms with Gasteiger partial charge in [0.05, 0.1) is 11.3 Å². The molecule has 0 bridgehead atoms. The molecule has 0 aliphatic rings. The smallest absolute Gasteiger partial charge is 0.143 e. The molecule has 1 aromatic carbocycles. The zero-order valence-corrected chi connectivity index (χ0v) is 10.1. The number of nitrogens with zero attached hydrogens (tertiary/aromatic N) is 2. The van der Waals surface area contributed by atoms with Crippen molar-refractivity contribution in [2.75, 3.05) is 6.54 Å². The lowest BCUT2D eigenvalue weighted by atomic mass is 10.2. The van der Waals surface area contributed by atoms with Crippen LogP contribution < -0.4 is 5.73 Å². The lowest BCUT2D eigenvalue weighted by Gasteiger charge is -2.03. The van der Waals surface area contributed by atoms with Gasteiger partial charge in [-0.3, -0.25) is 0 Å². The third-order valence-electron chi connectivity index (χ3n) is 2.98. The van der Waals surface area contributed by atoms with Gasteiger partial charge in [0.25, 0.3) is 0 Å². The fourth-order valence-electron chi connectivity index (χ4n) is 1.89. The fraction of sp³-hybridized carbons (Fsp3) is 0.308. The molecule has 0 saturated carbocycles. The van der Waals surface area contributed by atoms with Crippen LogP contribution in [0.4, 0.5) is 4.39 Å². The normalized spacial score (nSPS) is 10.8. The molecule has 2 rings (SSSR count). The van der Waals surface area contributed by atoms with E-state index < -0.39 is 0 Å². The van der Waals surface area contributed by atoms with Gasteiger partial charge in [0, 0.05) is 19.2 Å². The molecule has 0 aliphatic carbocycles. The molecule has 0 atom stereocenters. The van der Waals surface area contributed by atoms with Crippen molar-refractivity contribution < 1.29 is 4.39 Å². The maximum absolute atomic E-state index is 13.7. The van der Waals surface area contributed by atoms with Crippen LogP contribution in [0.15, 0.2) is 24.3 Å². The van der Waals surface area contributed by atoms with Gasteiger partial charge in [0.1, 0.15) is 11.6 Å². The van der Waals surface area contributed by atoms with Crippen molar-refractivity contribution in [3.05, 3.63) is 41.5 Å². The van der Waals surface area contributed by atoms with Crippen LogP contribution in [0.2, 0.25) is 0 Å². The fourth-order valence-corrected chi connectivity index (χ4v) is 1.89. The largest absolute Gasteiger partial charge is 0.331 e. The summed E-state index contributed by atoms with van der Waals surface area (Å²) in [5.41, 5.74) is 8.04. The molecule has 0 saturated heterocycles. The van der Waals surface area contributed by atoms with Crippen molar-refractivity contribution in [3.8, 4) is 11.4 Å². The van der Waals surface area contributed by atoms with E-state index in [-0.39, 0.29) is 5.82 Å². The van der Waals surface area contributed by atoms with Crippen LogP contribution in [0.3, 0.4) is 0 Å². The highest BCUT2D eigenvalue weighted by Crippen LogP contribution is 2.23. The predicted molar refractivity (Wildman–Crippen MR) is 66.1 cm³/mol. The highest BCUT2D eigenvalue weighted by molar-refractivity contribution is 5.57. The maximum Gasteiger partial charge on any atom is 0.143 e. The molecule has 4 heteroatoms. The van der Waals surface area contributed by atoms with Crippen molar-refractivity contribution in [2.24, 2.45) is 12.8 Å². The topological polar surface area (TPSA) is 43.8 Å². The Morgan fingerprint density at radius 3 is 2.71 bits per heavy atom. The molecule has 1 heterocycles. The van der Waals surface area contributed by atoms with Gasteiger partial charge in [-0.15, -0.1) is 0 Å². The van der Waals surface area contributed by atoms with Gasteiger partial charge >= 0.3 is 0 Å². The average molecular weight is 233 g/mol. The van der Waals surface area contributed by atoms with Gasteiger partial charge in [-0.25, -0.2) is 9.37 Å². The number of aromatic nitrogens is 2. The Bertz CT molecular complexity index is 531. The van der Waals surface area contributed by atoms with E-state index in [9.17, 15) is 4.39 Å². The minimum atomic E-state index is -0.250. The number of rotatable bonds is 3. The summed E-state index contributed by atoms with van der Waals surface area (Å²) in [5, 5.41) is 0. The summed E-state index contributed by atoms with van der Waals surface area (Å²) in [5.74, 6) is 0.406. The first-order chi connectivity index (χ1) is 8.15. The molecule has 90 valence electrons. The highest BCUT2D eigenvalue weighted by Gasteiger charge is 2.14. The molecular weight excluding hydrogens is 217 g/mol. The Morgan fingerprint density at radius 2 is 2.06 bits per heavy atom. The van der Waals surface area contributed by atoms with E-state index in [2.05, 4.69) is 4.98 Å². The molecule has 2 aromatic rings. The molecule has 0 spiro atoms. The number of imidazole rings is 1. The lowest BCUT2D eigenvalue weighted by molar-refractivity contribution is 0.628. The Morgan fingerprint density at radius 1 is 1.35 bits per heavy atom. The molecule has 1 aromatic heterocycles. The number of hydrogen-bond acceptors (Lipinski definition) is 2. The van der Waals surface area contributed by atoms with E-state index in [1.54, 1.807) is 12.1 Å². The Labute approximate surface area is 100 Å². The maximum atomic E-state index is 13.7. The quantitative estimate of drug-likeness (QED) is 0.881. The summed E-state index contributed by atoms with van der Waals surface area (Å²) in [6.07, 6.45) is 0.716. The van der Waals surface area contributed by atoms with E-state index in [4.69, 9.17) is 5.73 Å². The molecular formula is C13H16FN3. The molecule has 0 radical (unpaired) electrons. The molecule has 0 unspecified atom stereocenters. The zero-order chi connectivity index (χ0) is 12.4. The van der Waals surface area contributed by atoms with Gasteiger partial charge < -0.3 is 10.3 Å². The van der Waals surface area contributed by atoms with Gasteiger partial charge in [-0.1, -0.05) is 12.1 Å². The van der Waals surface area contributed by atoms with Crippen molar-refractivity contribution in [1.29, 1.82) is 0 Å². The van der Waals surface area contributed by atoms with Crippen LogP contribution in [-0.2, 0) is 13.5 Å². The Kier molecular flexibility index (Phi) is 3.24. The molecule has 3 nitrogen and oxygen atoms in total. The summed E-state index contributed by atoms with van der Waals surface area (Å²) < 4.78 is 15.6. The summed E-state index contributed by atoms with van der Waals surface area (Å²) in [6.45, 7) is 2.52. The van der Waals surface area contributed by atoms with Gasteiger partial charge in [0.15, 0.2) is 0 Å². The summed E-state index contributed by atoms with van der Waals surface area (Å²) in [7, 11) is 1.89. The second-order valence-electron chi connectivity index (χ2n) is 4.05. The molecule has 0 amide bonds. The van der Waals surface area contributed by atoms with Gasteiger partial charge in [0.2, 0.25) is 0 Å². The SMILES string of the molecule is Cc1c(CCN)nc(-c2ccccc2F)n1C. The van der Waals surface area contributed by atoms with Crippen molar-refractivity contribution in [1.82, 2.24) is 9.55 Å². The summed E-state index contributed by atoms with van der Waals surface area (Å²) >= 11 is 0. The zero-order valence-electron chi connectivity index (χ0n) is 10.1. The van der Waals surface area contributed by atoms with Crippen LogP contribution in [0, 0.1) is 12.7 Å². The van der Waals surface area contributed by atoms with Crippen LogP contribution in [0.1, 0.15) is 11.4 Å². The van der Waals surface area contributed by atoms with Crippen LogP contribution in [-0.4, -0.2) is 16.1 Å². The molecule has 2 N–H and O–H groups in total. The third-order valence-corrected chi connectivity index (χ3v) is 2.98. The Balaban J connectivity index is 2.53. The monoisotopic (exact) mass is 233 g/mol. The van der Waals surface area contributed by atoms with Crippen LogP contribution in [0.25, 0.3) is 11.4 Å². The second-order valence-corrected chi connectivity index (χ2v) is 4.05. The van der Waals surface area contributed by atoms with Gasteiger partial charge in [-0.05, 0) is 25.6 Å². The molecule has 0 fully saturated rings. The first-order valence-electron chi connectivity index (χ1n) is 5.62. The standard InChI is InChI=1S/C13H16FN3/c1-9-12(7-8-15)16-13(17(9)2)10-5-3-4-6-11(10)14/h3-6H,7-8,15H2,1-2H3. The Hall–Kier alpha value is -1.68. The molecule has 0 aliphatic heterocycles. The van der Waals surface area contributed by atoms with E-state index in [0.29, 0.717) is 24.4 Å². The minimum Gasteiger partial charge on any atom is -0.331 e. The lowest BCUT2D eigenvalue weighted by Crippen LogP contribution is -2.04. The van der Waals surface area contributed by atoms with Crippen molar-refractivity contribution >= 4 is 0 Å². The van der Waals surface area contributed by atoms with Gasteiger partial charge in [-0.2, -0.15) is 0 Å². The minimum absolute atomic E-state index is 0.250. The van der Waals surface area contributed by atoms with E-state index in [1.807, 2.05) is 24.6 Å². The first-order valence-corrected chi connectivity index (χ1v) is 5.62. The third kappa shape index (κ3) is 2.08.